The van der Waals surface area contributed by atoms with Crippen molar-refractivity contribution >= 4 is 26.5 Å². The zero-order valence-electron chi connectivity index (χ0n) is 10.7. The third-order valence-corrected chi connectivity index (χ3v) is 5.06. The maximum atomic E-state index is 12.3. The number of hydrogen-bond donors (Lipinski definition) is 2. The number of hydrogen-bond acceptors (Lipinski definition) is 5. The van der Waals surface area contributed by atoms with Gasteiger partial charge in [-0.25, -0.2) is 13.4 Å². The van der Waals surface area contributed by atoms with Crippen LogP contribution in [0.3, 0.4) is 0 Å². The Bertz CT molecular complexity index is 693. The molecule has 0 unspecified atom stereocenters. The minimum Gasteiger partial charge on any atom is -0.326 e. The van der Waals surface area contributed by atoms with Crippen LogP contribution < -0.4 is 10.5 Å². The van der Waals surface area contributed by atoms with Gasteiger partial charge >= 0.3 is 0 Å². The third kappa shape index (κ3) is 3.12. The Kier molecular flexibility index (Phi) is 3.88. The van der Waals surface area contributed by atoms with Crippen LogP contribution in [0.2, 0.25) is 0 Å². The molecule has 0 spiro atoms. The molecule has 19 heavy (non-hydrogen) atoms. The van der Waals surface area contributed by atoms with Crippen molar-refractivity contribution in [2.75, 3.05) is 4.72 Å². The maximum absolute atomic E-state index is 12.3. The summed E-state index contributed by atoms with van der Waals surface area (Å²) in [4.78, 5) is 5.19. The quantitative estimate of drug-likeness (QED) is 0.904. The van der Waals surface area contributed by atoms with Crippen molar-refractivity contribution in [2.24, 2.45) is 5.73 Å². The summed E-state index contributed by atoms with van der Waals surface area (Å²) >= 11 is 1.30. The highest BCUT2D eigenvalue weighted by Crippen LogP contribution is 2.23. The number of benzene rings is 1. The summed E-state index contributed by atoms with van der Waals surface area (Å²) < 4.78 is 27.1. The van der Waals surface area contributed by atoms with Gasteiger partial charge in [0.2, 0.25) is 0 Å². The summed E-state index contributed by atoms with van der Waals surface area (Å²) in [6, 6.07) is 5.17. The van der Waals surface area contributed by atoms with Crippen molar-refractivity contribution < 1.29 is 8.42 Å². The number of rotatable bonds is 4. The van der Waals surface area contributed by atoms with Crippen LogP contribution in [0, 0.1) is 13.8 Å². The molecule has 7 heteroatoms. The van der Waals surface area contributed by atoms with E-state index in [9.17, 15) is 8.42 Å². The molecule has 0 saturated carbocycles. The second-order valence-corrected chi connectivity index (χ2v) is 7.07. The van der Waals surface area contributed by atoms with Gasteiger partial charge in [-0.05, 0) is 31.0 Å². The number of aromatic nitrogens is 1. The topological polar surface area (TPSA) is 85.1 Å². The van der Waals surface area contributed by atoms with E-state index >= 15 is 0 Å². The fourth-order valence-electron chi connectivity index (χ4n) is 1.63. The second-order valence-electron chi connectivity index (χ2n) is 4.19. The van der Waals surface area contributed by atoms with Crippen molar-refractivity contribution in [2.45, 2.75) is 25.3 Å². The number of thiazole rings is 1. The highest BCUT2D eigenvalue weighted by Gasteiger charge is 2.18. The summed E-state index contributed by atoms with van der Waals surface area (Å²) in [7, 11) is -3.62. The van der Waals surface area contributed by atoms with Crippen LogP contribution in [0.4, 0.5) is 5.13 Å². The van der Waals surface area contributed by atoms with E-state index in [-0.39, 0.29) is 4.90 Å². The van der Waals surface area contributed by atoms with E-state index in [2.05, 4.69) is 9.71 Å². The molecule has 1 heterocycles. The first kappa shape index (κ1) is 14.0. The summed E-state index contributed by atoms with van der Waals surface area (Å²) in [5.74, 6) is 0. The molecule has 0 aliphatic rings. The lowest BCUT2D eigenvalue weighted by Crippen LogP contribution is -2.14. The molecule has 2 aromatic rings. The molecular weight excluding hydrogens is 282 g/mol. The lowest BCUT2D eigenvalue weighted by molar-refractivity contribution is 0.600. The van der Waals surface area contributed by atoms with Crippen LogP contribution in [0.25, 0.3) is 0 Å². The molecule has 3 N–H and O–H groups in total. The SMILES string of the molecule is Cc1cnc(NS(=O)(=O)c2cc(CN)ccc2C)s1. The van der Waals surface area contributed by atoms with Crippen LogP contribution in [0.5, 0.6) is 0 Å². The highest BCUT2D eigenvalue weighted by molar-refractivity contribution is 7.93. The van der Waals surface area contributed by atoms with Crippen LogP contribution in [-0.2, 0) is 16.6 Å². The van der Waals surface area contributed by atoms with E-state index in [1.54, 1.807) is 25.3 Å². The summed E-state index contributed by atoms with van der Waals surface area (Å²) in [5.41, 5.74) is 7.00. The minimum atomic E-state index is -3.62. The molecule has 0 bridgehead atoms. The zero-order chi connectivity index (χ0) is 14.0. The first-order valence-corrected chi connectivity index (χ1v) is 7.97. The van der Waals surface area contributed by atoms with E-state index in [0.717, 1.165) is 10.4 Å². The fourth-order valence-corrected chi connectivity index (χ4v) is 3.84. The van der Waals surface area contributed by atoms with Crippen molar-refractivity contribution in [3.05, 3.63) is 40.4 Å². The van der Waals surface area contributed by atoms with Crippen molar-refractivity contribution in [3.8, 4) is 0 Å². The number of nitrogens with two attached hydrogens (primary N) is 1. The molecule has 5 nitrogen and oxygen atoms in total. The van der Waals surface area contributed by atoms with E-state index in [1.165, 1.54) is 11.3 Å². The van der Waals surface area contributed by atoms with Gasteiger partial charge in [0.05, 0.1) is 4.90 Å². The standard InChI is InChI=1S/C12H15N3O2S2/c1-8-3-4-10(6-13)5-11(8)19(16,17)15-12-14-7-9(2)18-12/h3-5,7H,6,13H2,1-2H3,(H,14,15). The van der Waals surface area contributed by atoms with Gasteiger partial charge in [-0.1, -0.05) is 12.1 Å². The largest absolute Gasteiger partial charge is 0.326 e. The maximum Gasteiger partial charge on any atom is 0.263 e. The number of nitrogens with one attached hydrogen (secondary N) is 1. The fraction of sp³-hybridized carbons (Fsp3) is 0.250. The van der Waals surface area contributed by atoms with E-state index in [0.29, 0.717) is 17.2 Å². The second kappa shape index (κ2) is 5.28. The summed E-state index contributed by atoms with van der Waals surface area (Å²) in [5, 5.41) is 0.370. The van der Waals surface area contributed by atoms with Gasteiger partial charge in [-0.3, -0.25) is 4.72 Å². The van der Waals surface area contributed by atoms with Gasteiger partial charge < -0.3 is 5.73 Å². The Hall–Kier alpha value is -1.44. The Balaban J connectivity index is 2.39. The monoisotopic (exact) mass is 297 g/mol. The predicted octanol–water partition coefficient (Wildman–Crippen LogP) is 2.02. The Morgan fingerprint density at radius 1 is 1.37 bits per heavy atom. The Morgan fingerprint density at radius 2 is 2.11 bits per heavy atom. The number of nitrogens with zero attached hydrogens (tertiary/aromatic N) is 1. The van der Waals surface area contributed by atoms with Crippen molar-refractivity contribution in [3.63, 3.8) is 0 Å². The van der Waals surface area contributed by atoms with E-state index in [4.69, 9.17) is 5.73 Å². The van der Waals surface area contributed by atoms with Crippen molar-refractivity contribution in [1.82, 2.24) is 4.98 Å². The van der Waals surface area contributed by atoms with Crippen LogP contribution in [0.15, 0.2) is 29.3 Å². The van der Waals surface area contributed by atoms with Gasteiger partial charge in [0.25, 0.3) is 10.0 Å². The van der Waals surface area contributed by atoms with Crippen LogP contribution in [-0.4, -0.2) is 13.4 Å². The first-order valence-electron chi connectivity index (χ1n) is 5.67. The third-order valence-electron chi connectivity index (χ3n) is 2.62. The molecule has 0 aliphatic carbocycles. The van der Waals surface area contributed by atoms with E-state index in [1.807, 2.05) is 13.0 Å². The molecule has 0 radical (unpaired) electrons. The van der Waals surface area contributed by atoms with Gasteiger partial charge in [0.1, 0.15) is 0 Å². The Labute approximate surface area is 116 Å². The van der Waals surface area contributed by atoms with Crippen LogP contribution >= 0.6 is 11.3 Å². The number of anilines is 1. The van der Waals surface area contributed by atoms with Gasteiger partial charge in [0, 0.05) is 17.6 Å². The molecule has 2 rings (SSSR count). The smallest absolute Gasteiger partial charge is 0.263 e. The van der Waals surface area contributed by atoms with E-state index < -0.39 is 10.0 Å². The van der Waals surface area contributed by atoms with Gasteiger partial charge in [-0.15, -0.1) is 11.3 Å². The molecule has 1 aromatic carbocycles. The molecule has 0 atom stereocenters. The number of sulfonamides is 1. The Morgan fingerprint density at radius 3 is 2.68 bits per heavy atom. The van der Waals surface area contributed by atoms with Gasteiger partial charge in [0.15, 0.2) is 5.13 Å². The molecule has 1 aromatic heterocycles. The van der Waals surface area contributed by atoms with Crippen LogP contribution in [0.1, 0.15) is 16.0 Å². The average molecular weight is 297 g/mol. The first-order chi connectivity index (χ1) is 8.92. The molecule has 0 fully saturated rings. The summed E-state index contributed by atoms with van der Waals surface area (Å²) in [6.07, 6.45) is 1.63. The minimum absolute atomic E-state index is 0.239. The lowest BCUT2D eigenvalue weighted by atomic mass is 10.1. The predicted molar refractivity (Wildman–Crippen MR) is 76.7 cm³/mol. The number of aryl methyl sites for hydroxylation is 2. The average Bonchev–Trinajstić information content (AvgIpc) is 2.74. The van der Waals surface area contributed by atoms with Gasteiger partial charge in [-0.2, -0.15) is 0 Å². The molecule has 0 amide bonds. The van der Waals surface area contributed by atoms with Crippen molar-refractivity contribution in [1.29, 1.82) is 0 Å². The molecular formula is C12H15N3O2S2. The zero-order valence-corrected chi connectivity index (χ0v) is 12.3. The normalized spacial score (nSPS) is 11.5. The molecule has 0 aliphatic heterocycles. The molecule has 0 saturated heterocycles. The molecule has 102 valence electrons. The summed E-state index contributed by atoms with van der Waals surface area (Å²) in [6.45, 7) is 3.93. The highest BCUT2D eigenvalue weighted by atomic mass is 32.2. The lowest BCUT2D eigenvalue weighted by Gasteiger charge is -2.09.